The van der Waals surface area contributed by atoms with E-state index in [2.05, 4.69) is 13.0 Å². The lowest BCUT2D eigenvalue weighted by Crippen LogP contribution is -2.17. The molecule has 1 aliphatic carbocycles. The zero-order valence-corrected chi connectivity index (χ0v) is 19.2. The summed E-state index contributed by atoms with van der Waals surface area (Å²) < 4.78 is 11.1. The normalized spacial score (nSPS) is 13.6. The molecule has 1 aromatic rings. The third-order valence-corrected chi connectivity index (χ3v) is 6.12. The Bertz CT molecular complexity index is 878. The van der Waals surface area contributed by atoms with Crippen LogP contribution in [0.15, 0.2) is 29.9 Å². The Kier molecular flexibility index (Phi) is 8.90. The van der Waals surface area contributed by atoms with Gasteiger partial charge in [0.15, 0.2) is 16.7 Å². The zero-order valence-electron chi connectivity index (χ0n) is 18.4. The minimum Gasteiger partial charge on any atom is -0.496 e. The van der Waals surface area contributed by atoms with E-state index in [0.717, 1.165) is 24.8 Å². The van der Waals surface area contributed by atoms with Crippen LogP contribution in [0.4, 0.5) is 0 Å². The summed E-state index contributed by atoms with van der Waals surface area (Å²) in [4.78, 5) is 37.8. The summed E-state index contributed by atoms with van der Waals surface area (Å²) in [7, 11) is 2.95. The predicted octanol–water partition coefficient (Wildman–Crippen LogP) is 5.88. The first kappa shape index (κ1) is 23.9. The van der Waals surface area contributed by atoms with Gasteiger partial charge in [0.2, 0.25) is 0 Å². The van der Waals surface area contributed by atoms with Crippen molar-refractivity contribution in [1.82, 2.24) is 0 Å². The highest BCUT2D eigenvalue weighted by Gasteiger charge is 2.32. The highest BCUT2D eigenvalue weighted by atomic mass is 32.2. The third-order valence-electron chi connectivity index (χ3n) is 4.92. The van der Waals surface area contributed by atoms with Crippen LogP contribution in [0.1, 0.15) is 84.4 Å². The molecule has 0 N–H and O–H groups in total. The maximum absolute atomic E-state index is 12.7. The molecule has 1 aromatic carbocycles. The number of hydrogen-bond acceptors (Lipinski definition) is 6. The number of ether oxygens (including phenoxy) is 2. The van der Waals surface area contributed by atoms with E-state index in [1.54, 1.807) is 6.07 Å². The maximum atomic E-state index is 12.7. The summed E-state index contributed by atoms with van der Waals surface area (Å²) in [5.41, 5.74) is 2.25. The van der Waals surface area contributed by atoms with Crippen LogP contribution in [0.2, 0.25) is 0 Å². The van der Waals surface area contributed by atoms with Gasteiger partial charge in [-0.3, -0.25) is 14.4 Å². The average Bonchev–Trinajstić information content (AvgIpc) is 2.72. The van der Waals surface area contributed by atoms with Crippen LogP contribution in [0.3, 0.4) is 0 Å². The van der Waals surface area contributed by atoms with Gasteiger partial charge in [0.1, 0.15) is 11.5 Å². The number of rotatable bonds is 10. The smallest absolute Gasteiger partial charge is 0.190 e. The quantitative estimate of drug-likeness (QED) is 0.341. The van der Waals surface area contributed by atoms with E-state index >= 15 is 0 Å². The first-order valence-corrected chi connectivity index (χ1v) is 11.1. The largest absolute Gasteiger partial charge is 0.496 e. The number of hydrogen-bond donors (Lipinski definition) is 0. The lowest BCUT2D eigenvalue weighted by atomic mass is 9.89. The van der Waals surface area contributed by atoms with Crippen molar-refractivity contribution in [1.29, 1.82) is 0 Å². The zero-order chi connectivity index (χ0) is 22.3. The van der Waals surface area contributed by atoms with Gasteiger partial charge in [-0.25, -0.2) is 0 Å². The van der Waals surface area contributed by atoms with E-state index in [-0.39, 0.29) is 33.1 Å². The van der Waals surface area contributed by atoms with E-state index in [4.69, 9.17) is 9.47 Å². The lowest BCUT2D eigenvalue weighted by Gasteiger charge is -2.24. The van der Waals surface area contributed by atoms with Crippen molar-refractivity contribution in [2.24, 2.45) is 0 Å². The Morgan fingerprint density at radius 2 is 1.73 bits per heavy atom. The topological polar surface area (TPSA) is 69.7 Å². The molecule has 0 fully saturated rings. The van der Waals surface area contributed by atoms with E-state index in [0.29, 0.717) is 29.9 Å². The van der Waals surface area contributed by atoms with Crippen molar-refractivity contribution >= 4 is 28.4 Å². The molecule has 0 radical (unpaired) electrons. The molecule has 6 heteroatoms. The second-order valence-corrected chi connectivity index (χ2v) is 8.73. The number of methoxy groups -OCH3 is 2. The number of ketones is 2. The molecule has 0 saturated carbocycles. The molecule has 0 aromatic heterocycles. The van der Waals surface area contributed by atoms with E-state index < -0.39 is 0 Å². The second kappa shape index (κ2) is 11.2. The van der Waals surface area contributed by atoms with Gasteiger partial charge < -0.3 is 9.47 Å². The highest BCUT2D eigenvalue weighted by molar-refractivity contribution is 8.13. The van der Waals surface area contributed by atoms with Crippen LogP contribution < -0.4 is 9.47 Å². The van der Waals surface area contributed by atoms with Gasteiger partial charge >= 0.3 is 0 Å². The molecule has 1 unspecified atom stereocenters. The van der Waals surface area contributed by atoms with Crippen molar-refractivity contribution < 1.29 is 23.9 Å². The molecule has 0 spiro atoms. The molecule has 0 aliphatic heterocycles. The number of carbonyl (C=O) groups excluding carboxylic acids is 3. The van der Waals surface area contributed by atoms with Gasteiger partial charge in [0, 0.05) is 17.2 Å². The lowest BCUT2D eigenvalue weighted by molar-refractivity contribution is -0.111. The molecule has 0 saturated heterocycles. The molecular formula is C24H30O5S. The van der Waals surface area contributed by atoms with Gasteiger partial charge in [-0.15, -0.1) is 0 Å². The Morgan fingerprint density at radius 3 is 2.30 bits per heavy atom. The van der Waals surface area contributed by atoms with Crippen LogP contribution in [0, 0.1) is 0 Å². The van der Waals surface area contributed by atoms with Crippen LogP contribution >= 0.6 is 11.8 Å². The number of fused-ring (bicyclic) bond motifs is 1. The molecule has 0 bridgehead atoms. The Balaban J connectivity index is 2.55. The molecule has 1 aliphatic rings. The molecule has 0 heterocycles. The number of thioether (sulfide) groups is 1. The van der Waals surface area contributed by atoms with Gasteiger partial charge in [-0.05, 0) is 44.9 Å². The second-order valence-electron chi connectivity index (χ2n) is 7.47. The van der Waals surface area contributed by atoms with E-state index in [1.165, 1.54) is 38.1 Å². The summed E-state index contributed by atoms with van der Waals surface area (Å²) in [6.07, 6.45) is 8.61. The van der Waals surface area contributed by atoms with E-state index in [9.17, 15) is 14.4 Å². The number of carbonyl (C=O) groups is 3. The number of allylic oxidation sites excluding steroid dienone is 4. The maximum Gasteiger partial charge on any atom is 0.190 e. The third kappa shape index (κ3) is 5.63. The van der Waals surface area contributed by atoms with Crippen LogP contribution in [-0.4, -0.2) is 30.9 Å². The van der Waals surface area contributed by atoms with Crippen LogP contribution in [-0.2, 0) is 4.79 Å². The fourth-order valence-electron chi connectivity index (χ4n) is 3.40. The van der Waals surface area contributed by atoms with Crippen LogP contribution in [0.25, 0.3) is 0 Å². The van der Waals surface area contributed by atoms with Gasteiger partial charge in [-0.1, -0.05) is 43.2 Å². The summed E-state index contributed by atoms with van der Waals surface area (Å²) in [6, 6.07) is 1.73. The van der Waals surface area contributed by atoms with Crippen molar-refractivity contribution in [2.75, 3.05) is 14.2 Å². The Labute approximate surface area is 182 Å². The number of benzene rings is 1. The first-order valence-electron chi connectivity index (χ1n) is 10.2. The fourth-order valence-corrected chi connectivity index (χ4v) is 4.47. The SMILES string of the molecule is CCCCCC(=O)SC(CC=C(C)C)c1cc(OC)c2c(c1OC)C(=O)C=CC2=O. The summed E-state index contributed by atoms with van der Waals surface area (Å²) in [5.74, 6) is 0.0662. The van der Waals surface area contributed by atoms with Gasteiger partial charge in [0.05, 0.1) is 25.3 Å². The first-order chi connectivity index (χ1) is 14.3. The molecule has 30 heavy (non-hydrogen) atoms. The average molecular weight is 431 g/mol. The summed E-state index contributed by atoms with van der Waals surface area (Å²) >= 11 is 1.26. The van der Waals surface area contributed by atoms with Gasteiger partial charge in [0.25, 0.3) is 0 Å². The monoisotopic (exact) mass is 430 g/mol. The standard InChI is InChI=1S/C24H30O5S/c1-6-7-8-9-21(27)30-20(13-10-15(2)3)16-14-19(28-4)22-17(25)11-12-18(26)23(22)24(16)29-5/h10-12,14,20H,6-9,13H2,1-5H3. The van der Waals surface area contributed by atoms with Crippen molar-refractivity contribution in [3.05, 3.63) is 46.6 Å². The Hall–Kier alpha value is -2.34. The van der Waals surface area contributed by atoms with Crippen molar-refractivity contribution in [3.8, 4) is 11.5 Å². The minimum atomic E-state index is -0.304. The molecule has 0 amide bonds. The van der Waals surface area contributed by atoms with Crippen LogP contribution in [0.5, 0.6) is 11.5 Å². The molecule has 1 atom stereocenters. The van der Waals surface area contributed by atoms with Gasteiger partial charge in [-0.2, -0.15) is 0 Å². The molecule has 5 nitrogen and oxygen atoms in total. The molecule has 162 valence electrons. The Morgan fingerprint density at radius 1 is 1.07 bits per heavy atom. The predicted molar refractivity (Wildman–Crippen MR) is 121 cm³/mol. The highest BCUT2D eigenvalue weighted by Crippen LogP contribution is 2.45. The minimum absolute atomic E-state index is 0.108. The van der Waals surface area contributed by atoms with Crippen molar-refractivity contribution in [3.63, 3.8) is 0 Å². The van der Waals surface area contributed by atoms with Crippen molar-refractivity contribution in [2.45, 2.75) is 58.1 Å². The number of unbranched alkanes of at least 4 members (excludes halogenated alkanes) is 2. The molecule has 2 rings (SSSR count). The summed E-state index contributed by atoms with van der Waals surface area (Å²) in [5, 5.41) is -0.145. The fraction of sp³-hybridized carbons (Fsp3) is 0.458. The van der Waals surface area contributed by atoms with E-state index in [1.807, 2.05) is 13.8 Å². The molecular weight excluding hydrogens is 400 g/mol. The summed E-state index contributed by atoms with van der Waals surface area (Å²) in [6.45, 7) is 6.11.